The minimum atomic E-state index is -0.555. The van der Waals surface area contributed by atoms with Crippen molar-refractivity contribution in [2.24, 2.45) is 11.7 Å². The average molecular weight is 305 g/mol. The summed E-state index contributed by atoms with van der Waals surface area (Å²) in [5.74, 6) is -0.246. The van der Waals surface area contributed by atoms with Crippen LogP contribution < -0.4 is 10.6 Å². The van der Waals surface area contributed by atoms with E-state index in [1.54, 1.807) is 0 Å². The monoisotopic (exact) mass is 305 g/mol. The minimum Gasteiger partial charge on any atom is -0.460 e. The second-order valence-corrected chi connectivity index (χ2v) is 6.34. The van der Waals surface area contributed by atoms with Gasteiger partial charge < -0.3 is 20.3 Å². The van der Waals surface area contributed by atoms with E-state index in [1.165, 1.54) is 5.69 Å². The molecule has 1 aromatic carbocycles. The maximum Gasteiger partial charge on any atom is 0.323 e. The molecule has 22 heavy (non-hydrogen) atoms. The highest BCUT2D eigenvalue weighted by Crippen LogP contribution is 2.18. The largest absolute Gasteiger partial charge is 0.460 e. The molecule has 2 N–H and O–H groups in total. The molecule has 5 nitrogen and oxygen atoms in total. The normalized spacial score (nSPS) is 17.6. The Bertz CT molecular complexity index is 496. The molecular formula is C17H27N3O2. The van der Waals surface area contributed by atoms with Gasteiger partial charge >= 0.3 is 5.97 Å². The van der Waals surface area contributed by atoms with Crippen molar-refractivity contribution in [1.82, 2.24) is 4.90 Å². The Hall–Kier alpha value is -1.59. The zero-order valence-corrected chi connectivity index (χ0v) is 13.8. The molecule has 0 amide bonds. The maximum absolute atomic E-state index is 11.8. The molecule has 122 valence electrons. The minimum absolute atomic E-state index is 0.0872. The number of hydrogen-bond donors (Lipinski definition) is 1. The van der Waals surface area contributed by atoms with E-state index in [0.29, 0.717) is 0 Å². The summed E-state index contributed by atoms with van der Waals surface area (Å²) in [6, 6.07) is 7.64. The van der Waals surface area contributed by atoms with E-state index in [9.17, 15) is 4.79 Å². The van der Waals surface area contributed by atoms with Crippen LogP contribution >= 0.6 is 0 Å². The maximum atomic E-state index is 11.8. The molecule has 0 unspecified atom stereocenters. The van der Waals surface area contributed by atoms with Gasteiger partial charge in [-0.3, -0.25) is 4.79 Å². The molecule has 0 bridgehead atoms. The number of piperazine rings is 1. The standard InChI is InChI=1S/C17H27N3O2/c1-13(2)16(18)17(21)22-12-14-5-4-6-15(11-14)20-9-7-19(3)8-10-20/h4-6,11,13,16H,7-10,12,18H2,1-3H3/t16-/m0/s1. The summed E-state index contributed by atoms with van der Waals surface area (Å²) in [6.45, 7) is 8.31. The lowest BCUT2D eigenvalue weighted by atomic mass is 10.1. The molecule has 1 atom stereocenters. The third-order valence-corrected chi connectivity index (χ3v) is 4.15. The third-order valence-electron chi connectivity index (χ3n) is 4.15. The van der Waals surface area contributed by atoms with Crippen LogP contribution in [-0.2, 0) is 16.1 Å². The van der Waals surface area contributed by atoms with Crippen LogP contribution in [0.2, 0.25) is 0 Å². The summed E-state index contributed by atoms with van der Waals surface area (Å²) < 4.78 is 5.32. The van der Waals surface area contributed by atoms with Gasteiger partial charge in [0.1, 0.15) is 12.6 Å². The topological polar surface area (TPSA) is 58.8 Å². The summed E-state index contributed by atoms with van der Waals surface area (Å²) in [4.78, 5) is 16.5. The number of nitrogens with zero attached hydrogens (tertiary/aromatic N) is 2. The molecule has 0 spiro atoms. The van der Waals surface area contributed by atoms with E-state index in [4.69, 9.17) is 10.5 Å². The third kappa shape index (κ3) is 4.45. The van der Waals surface area contributed by atoms with Crippen molar-refractivity contribution < 1.29 is 9.53 Å². The van der Waals surface area contributed by atoms with Crippen molar-refractivity contribution >= 4 is 11.7 Å². The highest BCUT2D eigenvalue weighted by molar-refractivity contribution is 5.75. The number of hydrogen-bond acceptors (Lipinski definition) is 5. The summed E-state index contributed by atoms with van der Waals surface area (Å²) in [7, 11) is 2.14. The zero-order chi connectivity index (χ0) is 16.1. The van der Waals surface area contributed by atoms with E-state index in [1.807, 2.05) is 26.0 Å². The van der Waals surface area contributed by atoms with Gasteiger partial charge in [-0.25, -0.2) is 0 Å². The Balaban J connectivity index is 1.93. The predicted molar refractivity (Wildman–Crippen MR) is 88.8 cm³/mol. The highest BCUT2D eigenvalue weighted by Gasteiger charge is 2.19. The first-order valence-corrected chi connectivity index (χ1v) is 7.92. The number of carbonyl (C=O) groups is 1. The van der Waals surface area contributed by atoms with E-state index in [-0.39, 0.29) is 18.5 Å². The molecule has 1 fully saturated rings. The average Bonchev–Trinajstić information content (AvgIpc) is 2.52. The molecule has 1 aliphatic rings. The van der Waals surface area contributed by atoms with Crippen LogP contribution in [0.25, 0.3) is 0 Å². The van der Waals surface area contributed by atoms with E-state index in [2.05, 4.69) is 29.0 Å². The first-order chi connectivity index (χ1) is 10.5. The van der Waals surface area contributed by atoms with Crippen LogP contribution in [0.4, 0.5) is 5.69 Å². The predicted octanol–water partition coefficient (Wildman–Crippen LogP) is 1.46. The summed E-state index contributed by atoms with van der Waals surface area (Å²) in [5.41, 5.74) is 7.99. The lowest BCUT2D eigenvalue weighted by Gasteiger charge is -2.34. The van der Waals surface area contributed by atoms with Gasteiger partial charge in [-0.05, 0) is 30.7 Å². The first-order valence-electron chi connectivity index (χ1n) is 7.92. The zero-order valence-electron chi connectivity index (χ0n) is 13.8. The second-order valence-electron chi connectivity index (χ2n) is 6.34. The fourth-order valence-corrected chi connectivity index (χ4v) is 2.43. The Morgan fingerprint density at radius 3 is 2.59 bits per heavy atom. The molecule has 0 radical (unpaired) electrons. The van der Waals surface area contributed by atoms with Gasteiger partial charge in [0.05, 0.1) is 0 Å². The number of esters is 1. The van der Waals surface area contributed by atoms with Crippen molar-refractivity contribution in [2.75, 3.05) is 38.1 Å². The number of ether oxygens (including phenoxy) is 1. The van der Waals surface area contributed by atoms with Gasteiger partial charge in [0.15, 0.2) is 0 Å². The first kappa shape index (κ1) is 16.8. The van der Waals surface area contributed by atoms with E-state index >= 15 is 0 Å². The van der Waals surface area contributed by atoms with Gasteiger partial charge in [0, 0.05) is 31.9 Å². The fraction of sp³-hybridized carbons (Fsp3) is 0.588. The summed E-state index contributed by atoms with van der Waals surface area (Å²) in [5, 5.41) is 0. The fourth-order valence-electron chi connectivity index (χ4n) is 2.43. The van der Waals surface area contributed by atoms with Crippen LogP contribution in [0.3, 0.4) is 0 Å². The molecule has 5 heteroatoms. The van der Waals surface area contributed by atoms with E-state index in [0.717, 1.165) is 31.7 Å². The molecular weight excluding hydrogens is 278 g/mol. The summed E-state index contributed by atoms with van der Waals surface area (Å²) >= 11 is 0. The number of rotatable bonds is 5. The Morgan fingerprint density at radius 2 is 1.95 bits per heavy atom. The van der Waals surface area contributed by atoms with Crippen molar-refractivity contribution in [2.45, 2.75) is 26.5 Å². The molecule has 1 aliphatic heterocycles. The number of likely N-dealkylation sites (N-methyl/N-ethyl adjacent to an activating group) is 1. The number of carbonyl (C=O) groups excluding carboxylic acids is 1. The molecule has 0 aliphatic carbocycles. The number of anilines is 1. The lowest BCUT2D eigenvalue weighted by Crippen LogP contribution is -2.44. The van der Waals surface area contributed by atoms with Crippen molar-refractivity contribution in [1.29, 1.82) is 0 Å². The molecule has 1 saturated heterocycles. The van der Waals surface area contributed by atoms with Crippen LogP contribution in [-0.4, -0.2) is 50.1 Å². The highest BCUT2D eigenvalue weighted by atomic mass is 16.5. The number of nitrogens with two attached hydrogens (primary N) is 1. The van der Waals surface area contributed by atoms with Gasteiger partial charge in [-0.15, -0.1) is 0 Å². The number of benzene rings is 1. The molecule has 2 rings (SSSR count). The smallest absolute Gasteiger partial charge is 0.323 e. The Labute approximate surface area is 133 Å². The van der Waals surface area contributed by atoms with Crippen molar-refractivity contribution in [3.05, 3.63) is 29.8 Å². The Morgan fingerprint density at radius 1 is 1.27 bits per heavy atom. The quantitative estimate of drug-likeness (QED) is 0.835. The van der Waals surface area contributed by atoms with Gasteiger partial charge in [0.25, 0.3) is 0 Å². The molecule has 1 heterocycles. The van der Waals surface area contributed by atoms with Crippen molar-refractivity contribution in [3.8, 4) is 0 Å². The molecule has 0 saturated carbocycles. The van der Waals surface area contributed by atoms with Crippen LogP contribution in [0, 0.1) is 5.92 Å². The molecule has 1 aromatic rings. The van der Waals surface area contributed by atoms with E-state index < -0.39 is 6.04 Å². The van der Waals surface area contributed by atoms with Crippen molar-refractivity contribution in [3.63, 3.8) is 0 Å². The SMILES string of the molecule is CC(C)[C@H](N)C(=O)OCc1cccc(N2CCN(C)CC2)c1. The summed E-state index contributed by atoms with van der Waals surface area (Å²) in [6.07, 6.45) is 0. The van der Waals surface area contributed by atoms with Crippen LogP contribution in [0.15, 0.2) is 24.3 Å². The second kappa shape index (κ2) is 7.61. The van der Waals surface area contributed by atoms with Crippen LogP contribution in [0.5, 0.6) is 0 Å². The van der Waals surface area contributed by atoms with Gasteiger partial charge in [-0.2, -0.15) is 0 Å². The van der Waals surface area contributed by atoms with Gasteiger partial charge in [0.2, 0.25) is 0 Å². The lowest BCUT2D eigenvalue weighted by molar-refractivity contribution is -0.147. The Kier molecular flexibility index (Phi) is 5.80. The van der Waals surface area contributed by atoms with Crippen LogP contribution in [0.1, 0.15) is 19.4 Å². The van der Waals surface area contributed by atoms with Gasteiger partial charge in [-0.1, -0.05) is 26.0 Å². The molecule has 0 aromatic heterocycles.